The Morgan fingerprint density at radius 3 is 1.34 bits per heavy atom. The van der Waals surface area contributed by atoms with Gasteiger partial charge in [0.2, 0.25) is 0 Å². The number of aromatic nitrogens is 2. The van der Waals surface area contributed by atoms with Crippen molar-refractivity contribution in [3.8, 4) is 0 Å². The average Bonchev–Trinajstić information content (AvgIpc) is 3.15. The number of nitrogens with zero attached hydrogens (tertiary/aromatic N) is 4. The molecule has 0 aliphatic carbocycles. The van der Waals surface area contributed by atoms with E-state index in [0.717, 1.165) is 11.1 Å². The van der Waals surface area contributed by atoms with Gasteiger partial charge >= 0.3 is 0 Å². The highest BCUT2D eigenvalue weighted by Gasteiger charge is 2.49. The van der Waals surface area contributed by atoms with Crippen LogP contribution >= 0.6 is 0 Å². The molecule has 0 bridgehead atoms. The first-order valence-corrected chi connectivity index (χ1v) is 11.2. The first kappa shape index (κ1) is 21.9. The zero-order valence-corrected chi connectivity index (χ0v) is 19.6. The minimum atomic E-state index is -0.150. The summed E-state index contributed by atoms with van der Waals surface area (Å²) in [4.78, 5) is 40.2. The maximum absolute atomic E-state index is 13.8. The van der Waals surface area contributed by atoms with Crippen LogP contribution in [0.2, 0.25) is 0 Å². The number of fused-ring (bicyclic) bond motifs is 1. The maximum Gasteiger partial charge on any atom is 0.261 e. The van der Waals surface area contributed by atoms with Crippen molar-refractivity contribution in [1.29, 1.82) is 0 Å². The molecule has 6 heteroatoms. The summed E-state index contributed by atoms with van der Waals surface area (Å²) in [5.41, 5.74) is 5.46. The quantitative estimate of drug-likeness (QED) is 0.689. The molecule has 2 aliphatic heterocycles. The predicted octanol–water partition coefficient (Wildman–Crippen LogP) is 4.21. The summed E-state index contributed by atoms with van der Waals surface area (Å²) in [6, 6.07) is 7.71. The topological polar surface area (TPSA) is 66.4 Å². The van der Waals surface area contributed by atoms with Crippen LogP contribution in [0.5, 0.6) is 0 Å². The first-order valence-electron chi connectivity index (χ1n) is 11.2. The second-order valence-corrected chi connectivity index (χ2v) is 9.51. The molecule has 0 radical (unpaired) electrons. The van der Waals surface area contributed by atoms with E-state index in [4.69, 9.17) is 0 Å². The zero-order valence-electron chi connectivity index (χ0n) is 19.6. The van der Waals surface area contributed by atoms with E-state index in [-0.39, 0.29) is 23.7 Å². The van der Waals surface area contributed by atoms with Crippen LogP contribution < -0.4 is 0 Å². The molecule has 2 aromatic rings. The van der Waals surface area contributed by atoms with E-state index in [1.807, 2.05) is 38.1 Å². The largest absolute Gasteiger partial charge is 0.305 e. The molecule has 4 rings (SSSR count). The van der Waals surface area contributed by atoms with Gasteiger partial charge in [-0.1, -0.05) is 39.8 Å². The molecule has 32 heavy (non-hydrogen) atoms. The molecule has 0 saturated carbocycles. The highest BCUT2D eigenvalue weighted by atomic mass is 16.2. The van der Waals surface area contributed by atoms with Gasteiger partial charge in [-0.15, -0.1) is 0 Å². The number of carbonyl (C=O) groups is 2. The normalized spacial score (nSPS) is 16.4. The summed E-state index contributed by atoms with van der Waals surface area (Å²) >= 11 is 0. The molecule has 0 N–H and O–H groups in total. The standard InChI is InChI=1S/C26H30N4O2/c1-15(2)13-29-23(19-9-7-17(5)11-27-19)21-22(25(29)31)24(20-10-8-18(6)12-28-20)30(26(21)32)14-16(3)4/h7-12,15-16H,13-14H2,1-6H3. The molecule has 6 nitrogen and oxygen atoms in total. The minimum Gasteiger partial charge on any atom is -0.305 e. The second-order valence-electron chi connectivity index (χ2n) is 9.51. The van der Waals surface area contributed by atoms with Gasteiger partial charge < -0.3 is 9.80 Å². The lowest BCUT2D eigenvalue weighted by atomic mass is 10.1. The average molecular weight is 431 g/mol. The molecule has 0 saturated heterocycles. The first-order chi connectivity index (χ1) is 15.2. The third kappa shape index (κ3) is 3.74. The summed E-state index contributed by atoms with van der Waals surface area (Å²) in [7, 11) is 0. The molecular weight excluding hydrogens is 400 g/mol. The van der Waals surface area contributed by atoms with Crippen molar-refractivity contribution in [2.24, 2.45) is 11.8 Å². The lowest BCUT2D eigenvalue weighted by Crippen LogP contribution is -2.33. The number of pyridine rings is 2. The van der Waals surface area contributed by atoms with Gasteiger partial charge in [0.1, 0.15) is 0 Å². The van der Waals surface area contributed by atoms with Crippen LogP contribution in [0.3, 0.4) is 0 Å². The van der Waals surface area contributed by atoms with Gasteiger partial charge in [-0.25, -0.2) is 0 Å². The van der Waals surface area contributed by atoms with Gasteiger partial charge in [0.05, 0.1) is 33.9 Å². The molecule has 0 atom stereocenters. The van der Waals surface area contributed by atoms with Gasteiger partial charge in [0, 0.05) is 25.5 Å². The number of carbonyl (C=O) groups excluding carboxylic acids is 2. The Hall–Kier alpha value is -3.28. The number of aryl methyl sites for hydroxylation is 2. The van der Waals surface area contributed by atoms with E-state index in [0.29, 0.717) is 47.0 Å². The summed E-state index contributed by atoms with van der Waals surface area (Å²) < 4.78 is 0. The van der Waals surface area contributed by atoms with E-state index >= 15 is 0 Å². The maximum atomic E-state index is 13.8. The van der Waals surface area contributed by atoms with E-state index in [9.17, 15) is 9.59 Å². The monoisotopic (exact) mass is 430 g/mol. The van der Waals surface area contributed by atoms with Crippen molar-refractivity contribution in [2.75, 3.05) is 13.1 Å². The van der Waals surface area contributed by atoms with Crippen LogP contribution in [0.4, 0.5) is 0 Å². The van der Waals surface area contributed by atoms with Crippen LogP contribution in [0.25, 0.3) is 11.4 Å². The van der Waals surface area contributed by atoms with Crippen molar-refractivity contribution in [2.45, 2.75) is 41.5 Å². The Kier molecular flexibility index (Phi) is 5.71. The van der Waals surface area contributed by atoms with Crippen LogP contribution in [0.15, 0.2) is 47.8 Å². The van der Waals surface area contributed by atoms with Crippen LogP contribution in [-0.4, -0.2) is 44.7 Å². The fourth-order valence-corrected chi connectivity index (χ4v) is 4.22. The lowest BCUT2D eigenvalue weighted by Gasteiger charge is -2.26. The fourth-order valence-electron chi connectivity index (χ4n) is 4.22. The van der Waals surface area contributed by atoms with Crippen molar-refractivity contribution in [1.82, 2.24) is 19.8 Å². The second kappa shape index (κ2) is 8.34. The van der Waals surface area contributed by atoms with Crippen LogP contribution in [0.1, 0.15) is 50.2 Å². The van der Waals surface area contributed by atoms with Crippen LogP contribution in [-0.2, 0) is 9.59 Å². The SMILES string of the molecule is Cc1ccc(C2=C3C(=O)N(CC(C)C)C(c4ccc(C)cn4)=C3C(=O)N2CC(C)C)nc1. The Morgan fingerprint density at radius 2 is 1.06 bits per heavy atom. The molecule has 2 aromatic heterocycles. The highest BCUT2D eigenvalue weighted by Crippen LogP contribution is 2.46. The van der Waals surface area contributed by atoms with Gasteiger partial charge in [0.25, 0.3) is 11.8 Å². The Labute approximate surface area is 189 Å². The molecular formula is C26H30N4O2. The third-order valence-corrected chi connectivity index (χ3v) is 5.58. The summed E-state index contributed by atoms with van der Waals surface area (Å²) in [5, 5.41) is 0. The lowest BCUT2D eigenvalue weighted by molar-refractivity contribution is -0.124. The van der Waals surface area contributed by atoms with Crippen molar-refractivity contribution in [3.63, 3.8) is 0 Å². The smallest absolute Gasteiger partial charge is 0.261 e. The van der Waals surface area contributed by atoms with Crippen molar-refractivity contribution >= 4 is 23.2 Å². The Balaban J connectivity index is 1.99. The fraction of sp³-hybridized carbons (Fsp3) is 0.385. The third-order valence-electron chi connectivity index (χ3n) is 5.58. The summed E-state index contributed by atoms with van der Waals surface area (Å²) in [5.74, 6) is 0.176. The Morgan fingerprint density at radius 1 is 0.688 bits per heavy atom. The number of hydrogen-bond donors (Lipinski definition) is 0. The van der Waals surface area contributed by atoms with E-state index in [1.165, 1.54) is 0 Å². The van der Waals surface area contributed by atoms with Crippen molar-refractivity contribution < 1.29 is 9.59 Å². The number of rotatable bonds is 6. The predicted molar refractivity (Wildman–Crippen MR) is 125 cm³/mol. The molecule has 0 aromatic carbocycles. The van der Waals surface area contributed by atoms with Gasteiger partial charge in [-0.05, 0) is 48.9 Å². The van der Waals surface area contributed by atoms with Crippen molar-refractivity contribution in [3.05, 3.63) is 70.3 Å². The van der Waals surface area contributed by atoms with Gasteiger partial charge in [-0.2, -0.15) is 0 Å². The Bertz CT molecular complexity index is 1030. The number of amides is 2. The molecule has 0 spiro atoms. The van der Waals surface area contributed by atoms with Gasteiger partial charge in [-0.3, -0.25) is 19.6 Å². The molecule has 0 fully saturated rings. The van der Waals surface area contributed by atoms with E-state index in [1.54, 1.807) is 22.2 Å². The highest BCUT2D eigenvalue weighted by molar-refractivity contribution is 6.30. The summed E-state index contributed by atoms with van der Waals surface area (Å²) in [6.45, 7) is 13.2. The molecule has 2 aliphatic rings. The van der Waals surface area contributed by atoms with Crippen LogP contribution in [0, 0.1) is 25.7 Å². The molecule has 4 heterocycles. The number of hydrogen-bond acceptors (Lipinski definition) is 4. The van der Waals surface area contributed by atoms with E-state index < -0.39 is 0 Å². The molecule has 0 unspecified atom stereocenters. The van der Waals surface area contributed by atoms with Gasteiger partial charge in [0.15, 0.2) is 0 Å². The molecule has 2 amide bonds. The minimum absolute atomic E-state index is 0.150. The zero-order chi connectivity index (χ0) is 23.2. The molecule has 166 valence electrons. The van der Waals surface area contributed by atoms with E-state index in [2.05, 4.69) is 37.7 Å². The summed E-state index contributed by atoms with van der Waals surface area (Å²) in [6.07, 6.45) is 3.55.